The summed E-state index contributed by atoms with van der Waals surface area (Å²) in [5.41, 5.74) is 0. The molecular formula is C10H15NO4. The molecule has 1 saturated heterocycles. The summed E-state index contributed by atoms with van der Waals surface area (Å²) < 4.78 is 4.69. The molecule has 1 amide bonds. The first-order valence-corrected chi connectivity index (χ1v) is 5.09. The first kappa shape index (κ1) is 11.7. The van der Waals surface area contributed by atoms with Crippen LogP contribution in [0.5, 0.6) is 0 Å². The standard InChI is InChI=1S/C10H15NO4/c1-3-6-5-11-9(13)7(8(6)12)10(14)15-4-2/h6-7H,3-5H2,1-2H3,(H,11,13). The molecule has 0 saturated carbocycles. The first-order valence-electron chi connectivity index (χ1n) is 5.09. The van der Waals surface area contributed by atoms with E-state index in [0.717, 1.165) is 0 Å². The number of carbonyl (C=O) groups is 3. The fourth-order valence-corrected chi connectivity index (χ4v) is 1.59. The fourth-order valence-electron chi connectivity index (χ4n) is 1.59. The van der Waals surface area contributed by atoms with Crippen LogP contribution in [0.4, 0.5) is 0 Å². The Morgan fingerprint density at radius 3 is 2.67 bits per heavy atom. The highest BCUT2D eigenvalue weighted by Crippen LogP contribution is 2.17. The zero-order valence-corrected chi connectivity index (χ0v) is 8.91. The molecule has 1 aliphatic rings. The van der Waals surface area contributed by atoms with Crippen LogP contribution in [0.1, 0.15) is 20.3 Å². The molecule has 1 rings (SSSR count). The van der Waals surface area contributed by atoms with Gasteiger partial charge in [0.2, 0.25) is 5.91 Å². The van der Waals surface area contributed by atoms with Crippen molar-refractivity contribution in [1.82, 2.24) is 5.32 Å². The minimum Gasteiger partial charge on any atom is -0.465 e. The number of nitrogens with one attached hydrogen (secondary N) is 1. The van der Waals surface area contributed by atoms with Gasteiger partial charge in [-0.25, -0.2) is 0 Å². The van der Waals surface area contributed by atoms with E-state index in [1.54, 1.807) is 6.92 Å². The molecule has 84 valence electrons. The zero-order chi connectivity index (χ0) is 11.4. The van der Waals surface area contributed by atoms with E-state index < -0.39 is 17.8 Å². The number of rotatable bonds is 3. The maximum absolute atomic E-state index is 11.7. The Kier molecular flexibility index (Phi) is 3.82. The van der Waals surface area contributed by atoms with Crippen molar-refractivity contribution in [3.8, 4) is 0 Å². The van der Waals surface area contributed by atoms with Crippen molar-refractivity contribution in [3.63, 3.8) is 0 Å². The van der Waals surface area contributed by atoms with Crippen LogP contribution in [0.15, 0.2) is 0 Å². The summed E-state index contributed by atoms with van der Waals surface area (Å²) in [6.45, 7) is 3.99. The van der Waals surface area contributed by atoms with E-state index in [2.05, 4.69) is 5.32 Å². The molecular weight excluding hydrogens is 198 g/mol. The van der Waals surface area contributed by atoms with Gasteiger partial charge in [0.1, 0.15) is 0 Å². The third-order valence-corrected chi connectivity index (χ3v) is 2.49. The lowest BCUT2D eigenvalue weighted by Gasteiger charge is -2.25. The lowest BCUT2D eigenvalue weighted by Crippen LogP contribution is -2.51. The molecule has 5 nitrogen and oxygen atoms in total. The number of ether oxygens (including phenoxy) is 1. The average Bonchev–Trinajstić information content (AvgIpc) is 2.18. The van der Waals surface area contributed by atoms with E-state index in [-0.39, 0.29) is 18.3 Å². The Morgan fingerprint density at radius 1 is 1.47 bits per heavy atom. The molecule has 1 heterocycles. The second kappa shape index (κ2) is 4.91. The highest BCUT2D eigenvalue weighted by atomic mass is 16.5. The van der Waals surface area contributed by atoms with Gasteiger partial charge in [0.25, 0.3) is 0 Å². The van der Waals surface area contributed by atoms with Crippen LogP contribution < -0.4 is 5.32 Å². The van der Waals surface area contributed by atoms with Crippen molar-refractivity contribution in [2.24, 2.45) is 11.8 Å². The summed E-state index contributed by atoms with van der Waals surface area (Å²) in [6.07, 6.45) is 0.620. The van der Waals surface area contributed by atoms with Gasteiger partial charge in [-0.3, -0.25) is 14.4 Å². The Bertz CT molecular complexity index is 287. The van der Waals surface area contributed by atoms with E-state index in [0.29, 0.717) is 13.0 Å². The lowest BCUT2D eigenvalue weighted by molar-refractivity contribution is -0.158. The van der Waals surface area contributed by atoms with Crippen LogP contribution in [-0.4, -0.2) is 30.8 Å². The van der Waals surface area contributed by atoms with Gasteiger partial charge < -0.3 is 10.1 Å². The number of ketones is 1. The average molecular weight is 213 g/mol. The van der Waals surface area contributed by atoms with E-state index in [9.17, 15) is 14.4 Å². The van der Waals surface area contributed by atoms with Crippen molar-refractivity contribution in [1.29, 1.82) is 0 Å². The minimum atomic E-state index is -1.26. The monoisotopic (exact) mass is 213 g/mol. The Morgan fingerprint density at radius 2 is 2.13 bits per heavy atom. The molecule has 2 atom stereocenters. The quantitative estimate of drug-likeness (QED) is 0.524. The number of hydrogen-bond donors (Lipinski definition) is 1. The third-order valence-electron chi connectivity index (χ3n) is 2.49. The minimum absolute atomic E-state index is 0.173. The molecule has 0 aromatic heterocycles. The van der Waals surface area contributed by atoms with Gasteiger partial charge in [-0.1, -0.05) is 6.92 Å². The predicted octanol–water partition coefficient (Wildman–Crippen LogP) is -0.109. The van der Waals surface area contributed by atoms with Crippen molar-refractivity contribution in [3.05, 3.63) is 0 Å². The van der Waals surface area contributed by atoms with Crippen LogP contribution in [0.2, 0.25) is 0 Å². The second-order valence-electron chi connectivity index (χ2n) is 3.44. The molecule has 0 bridgehead atoms. The van der Waals surface area contributed by atoms with Gasteiger partial charge in [-0.15, -0.1) is 0 Å². The number of carbonyl (C=O) groups excluding carboxylic acids is 3. The van der Waals surface area contributed by atoms with Crippen LogP contribution in [0.3, 0.4) is 0 Å². The smallest absolute Gasteiger partial charge is 0.326 e. The number of hydrogen-bond acceptors (Lipinski definition) is 4. The highest BCUT2D eigenvalue weighted by molar-refractivity contribution is 6.18. The molecule has 0 aliphatic carbocycles. The van der Waals surface area contributed by atoms with Gasteiger partial charge in [0.15, 0.2) is 11.7 Å². The van der Waals surface area contributed by atoms with E-state index >= 15 is 0 Å². The summed E-state index contributed by atoms with van der Waals surface area (Å²) in [5, 5.41) is 2.54. The molecule has 1 aliphatic heterocycles. The van der Waals surface area contributed by atoms with Crippen molar-refractivity contribution in [2.75, 3.05) is 13.2 Å². The number of piperidine rings is 1. The van der Waals surface area contributed by atoms with Crippen LogP contribution in [-0.2, 0) is 19.1 Å². The summed E-state index contributed by atoms with van der Waals surface area (Å²) in [4.78, 5) is 34.4. The lowest BCUT2D eigenvalue weighted by atomic mass is 9.87. The van der Waals surface area contributed by atoms with E-state index in [1.165, 1.54) is 0 Å². The maximum atomic E-state index is 11.7. The molecule has 15 heavy (non-hydrogen) atoms. The van der Waals surface area contributed by atoms with Gasteiger partial charge in [-0.05, 0) is 13.3 Å². The van der Waals surface area contributed by atoms with Gasteiger partial charge in [0, 0.05) is 12.5 Å². The third kappa shape index (κ3) is 2.34. The fraction of sp³-hybridized carbons (Fsp3) is 0.700. The zero-order valence-electron chi connectivity index (χ0n) is 8.91. The first-order chi connectivity index (χ1) is 7.11. The molecule has 0 aromatic rings. The molecule has 2 unspecified atom stereocenters. The molecule has 1 fully saturated rings. The van der Waals surface area contributed by atoms with Gasteiger partial charge in [0.05, 0.1) is 6.61 Å². The highest BCUT2D eigenvalue weighted by Gasteiger charge is 2.42. The molecule has 0 radical (unpaired) electrons. The molecule has 5 heteroatoms. The SMILES string of the molecule is CCOC(=O)C1C(=O)NCC(CC)C1=O. The number of amides is 1. The summed E-state index contributed by atoms with van der Waals surface area (Å²) in [6, 6.07) is 0. The van der Waals surface area contributed by atoms with Crippen LogP contribution in [0.25, 0.3) is 0 Å². The van der Waals surface area contributed by atoms with Gasteiger partial charge in [-0.2, -0.15) is 0 Å². The summed E-state index contributed by atoms with van der Waals surface area (Å²) >= 11 is 0. The second-order valence-corrected chi connectivity index (χ2v) is 3.44. The van der Waals surface area contributed by atoms with E-state index in [1.807, 2.05) is 6.92 Å². The topological polar surface area (TPSA) is 72.5 Å². The predicted molar refractivity (Wildman–Crippen MR) is 51.9 cm³/mol. The normalized spacial score (nSPS) is 26.0. The summed E-state index contributed by atoms with van der Waals surface area (Å²) in [5.74, 6) is -3.12. The molecule has 0 aromatic carbocycles. The molecule has 0 spiro atoms. The van der Waals surface area contributed by atoms with E-state index in [4.69, 9.17) is 4.74 Å². The van der Waals surface area contributed by atoms with Gasteiger partial charge >= 0.3 is 5.97 Å². The largest absolute Gasteiger partial charge is 0.465 e. The van der Waals surface area contributed by atoms with Crippen LogP contribution >= 0.6 is 0 Å². The Labute approximate surface area is 88.2 Å². The van der Waals surface area contributed by atoms with Crippen molar-refractivity contribution < 1.29 is 19.1 Å². The van der Waals surface area contributed by atoms with Crippen molar-refractivity contribution in [2.45, 2.75) is 20.3 Å². The number of Topliss-reactive ketones (excluding diaryl/α,β-unsaturated/α-hetero) is 1. The van der Waals surface area contributed by atoms with Crippen LogP contribution in [0, 0.1) is 11.8 Å². The Balaban J connectivity index is 2.78. The molecule has 1 N–H and O–H groups in total. The maximum Gasteiger partial charge on any atom is 0.326 e. The Hall–Kier alpha value is -1.39. The summed E-state index contributed by atoms with van der Waals surface area (Å²) in [7, 11) is 0. The number of esters is 1. The van der Waals surface area contributed by atoms with Crippen molar-refractivity contribution >= 4 is 17.7 Å².